The molecule has 5 aromatic heterocycles. The van der Waals surface area contributed by atoms with Crippen LogP contribution in [0.2, 0.25) is 0 Å². The number of nitrogens with zero attached hydrogens (tertiary/aromatic N) is 5. The summed E-state index contributed by atoms with van der Waals surface area (Å²) in [6, 6.07) is 109. The summed E-state index contributed by atoms with van der Waals surface area (Å²) in [5, 5.41) is 27.3. The normalized spacial score (nSPS) is 11.7. The number of unbranched alkanes of at least 4 members (excludes halogenated alkanes) is 20. The molecule has 0 aliphatic rings. The zero-order valence-corrected chi connectivity index (χ0v) is 84.2. The first-order chi connectivity index (χ1) is 71.2. The number of benzene rings is 18. The molecule has 0 atom stereocenters. The maximum Gasteiger partial charge on any atom is 0.0492 e. The summed E-state index contributed by atoms with van der Waals surface area (Å²) in [4.78, 5) is 0. The maximum atomic E-state index is 3.72. The molecule has 23 rings (SSSR count). The molecule has 0 amide bonds. The fourth-order valence-corrected chi connectivity index (χ4v) is 23.4. The molecule has 0 radical (unpaired) electrons. The minimum Gasteiger partial charge on any atom is -0.340 e. The van der Waals surface area contributed by atoms with Gasteiger partial charge in [-0.1, -0.05) is 331 Å². The van der Waals surface area contributed by atoms with Crippen molar-refractivity contribution in [1.82, 2.24) is 22.8 Å². The van der Waals surface area contributed by atoms with Crippen molar-refractivity contribution in [3.8, 4) is 71.0 Å². The molecule has 144 heavy (non-hydrogen) atoms. The Morgan fingerprint density at radius 2 is 0.312 bits per heavy atom. The second kappa shape index (κ2) is 41.5. The van der Waals surface area contributed by atoms with Crippen molar-refractivity contribution in [3.63, 3.8) is 0 Å². The van der Waals surface area contributed by atoms with Crippen LogP contribution in [-0.4, -0.2) is 22.8 Å². The van der Waals surface area contributed by atoms with E-state index in [1.54, 1.807) is 0 Å². The smallest absolute Gasteiger partial charge is 0.0492 e. The summed E-state index contributed by atoms with van der Waals surface area (Å²) in [6.45, 7) is 16.3. The number of fused-ring (bicyclic) bond motifs is 15. The van der Waals surface area contributed by atoms with Crippen LogP contribution in [0.1, 0.15) is 262 Å². The fraction of sp³-hybridized carbons (Fsp3) is 0.252. The average Bonchev–Trinajstić information content (AvgIpc) is 1.59. The minimum atomic E-state index is 0.954. The van der Waals surface area contributed by atoms with Crippen LogP contribution in [0.3, 0.4) is 0 Å². The predicted octanol–water partition coefficient (Wildman–Crippen LogP) is 36.3. The molecule has 18 aromatic carbocycles. The lowest BCUT2D eigenvalue weighted by molar-refractivity contribution is 0.584. The fourth-order valence-electron chi connectivity index (χ4n) is 23.4. The molecule has 23 aromatic rings. The molecule has 0 aliphatic carbocycles. The highest BCUT2D eigenvalue weighted by Crippen LogP contribution is 2.43. The third-order valence-electron chi connectivity index (χ3n) is 30.9. The van der Waals surface area contributed by atoms with E-state index in [4.69, 9.17) is 0 Å². The van der Waals surface area contributed by atoms with Crippen LogP contribution in [0.25, 0.3) is 174 Å². The molecule has 0 saturated carbocycles. The molecule has 0 aliphatic heterocycles. The summed E-state index contributed by atoms with van der Waals surface area (Å²) >= 11 is 0. The standard InChI is InChI=1S/C139H123N5/c1-6-11-16-21-26-81-140-126-71-47-96(37-39-98-49-73-128-118(88-98)120-90-100(51-75-130(120)141(128)82-27-22-17-12-7-2)41-43-102-53-77-132-122(92-102)124-94-104(55-79-134(124)143(132)84-29-24-19-14-9-4)45-57-106-59-61-112-65-63-108-33-31-35-110-67-69-114(106)138(112)136(108)110)86-116(126)117-87-97(48-72-127(117)140)38-40-99-50-74-129-119(89-99)121-91-101(52-76-131(121)142(129)83-28-23-18-13-8-3)42-44-103-54-78-133-123(93-103)125-95-105(56-80-135(125)144(133)85-30-25-20-15-10-5)46-58-107-60-62-113-66-64-109-34-32-36-111-68-70-115(107)139(113)137(109)111/h31-36,47-56,59-80,86-95H,6-30,81-85H2,1-5H3. The highest BCUT2D eigenvalue weighted by molar-refractivity contribution is 6.26. The third-order valence-corrected chi connectivity index (χ3v) is 30.9. The van der Waals surface area contributed by atoms with Crippen molar-refractivity contribution in [2.24, 2.45) is 0 Å². The third kappa shape index (κ3) is 18.3. The van der Waals surface area contributed by atoms with Gasteiger partial charge in [0.2, 0.25) is 0 Å². The Balaban J connectivity index is 0.550. The molecule has 5 heteroatoms. The van der Waals surface area contributed by atoms with Gasteiger partial charge in [0.15, 0.2) is 0 Å². The topological polar surface area (TPSA) is 24.6 Å². The van der Waals surface area contributed by atoms with Crippen molar-refractivity contribution in [2.75, 3.05) is 0 Å². The number of hydrogen-bond acceptors (Lipinski definition) is 0. The van der Waals surface area contributed by atoms with E-state index in [1.165, 1.54) is 302 Å². The van der Waals surface area contributed by atoms with Crippen LogP contribution >= 0.6 is 0 Å². The molecule has 5 nitrogen and oxygen atoms in total. The molecule has 5 heterocycles. The molecule has 0 saturated heterocycles. The number of hydrogen-bond donors (Lipinski definition) is 0. The predicted molar refractivity (Wildman–Crippen MR) is 617 cm³/mol. The zero-order valence-electron chi connectivity index (χ0n) is 84.2. The molecule has 0 bridgehead atoms. The largest absolute Gasteiger partial charge is 0.340 e. The van der Waals surface area contributed by atoms with Gasteiger partial charge in [0.25, 0.3) is 0 Å². The van der Waals surface area contributed by atoms with Crippen molar-refractivity contribution in [1.29, 1.82) is 0 Å². The van der Waals surface area contributed by atoms with E-state index < -0.39 is 0 Å². The molecule has 0 unspecified atom stereocenters. The van der Waals surface area contributed by atoms with E-state index in [0.717, 1.165) is 132 Å². The van der Waals surface area contributed by atoms with E-state index in [9.17, 15) is 0 Å². The second-order valence-electron chi connectivity index (χ2n) is 40.6. The minimum absolute atomic E-state index is 0.954. The highest BCUT2D eigenvalue weighted by Gasteiger charge is 2.22. The van der Waals surface area contributed by atoms with Gasteiger partial charge in [0, 0.05) is 209 Å². The summed E-state index contributed by atoms with van der Waals surface area (Å²) in [7, 11) is 0. The first-order valence-electron chi connectivity index (χ1n) is 53.9. The van der Waals surface area contributed by atoms with Crippen molar-refractivity contribution in [3.05, 3.63) is 358 Å². The molecule has 0 spiro atoms. The summed E-state index contributed by atoms with van der Waals surface area (Å²) < 4.78 is 12.7. The van der Waals surface area contributed by atoms with Crippen LogP contribution in [0.15, 0.2) is 291 Å². The number of rotatable bonds is 30. The van der Waals surface area contributed by atoms with Crippen LogP contribution in [0, 0.1) is 71.0 Å². The SMILES string of the molecule is CCCCCCCn1c2ccc(C#Cc3ccc4c(c3)c3cc(C#Cc5ccc6c(c5)c5cc(C#Cc7ccc8ccc9cccc%10ccc7c8c9%10)ccc5n6CCCCCCC)ccc3n4CCCCCCC)cc2c2cc(C#Cc3ccc4c(c3)c3cc(C#Cc5ccc6c(c5)c5cc(C#Cc7ccc8ccc9cccc%10ccc7c8c9%10)ccc5n6CCCCCCC)ccc3n4CCCCCCC)ccc21. The van der Waals surface area contributed by atoms with E-state index >= 15 is 0 Å². The van der Waals surface area contributed by atoms with Crippen LogP contribution < -0.4 is 0 Å². The summed E-state index contributed by atoms with van der Waals surface area (Å²) in [5.41, 5.74) is 24.5. The van der Waals surface area contributed by atoms with E-state index in [-0.39, 0.29) is 0 Å². The van der Waals surface area contributed by atoms with E-state index in [2.05, 4.69) is 420 Å². The number of aromatic nitrogens is 5. The van der Waals surface area contributed by atoms with Gasteiger partial charge in [-0.3, -0.25) is 0 Å². The second-order valence-corrected chi connectivity index (χ2v) is 40.6. The van der Waals surface area contributed by atoms with Gasteiger partial charge < -0.3 is 22.8 Å². The molecular weight excluding hydrogens is 1740 g/mol. The van der Waals surface area contributed by atoms with Gasteiger partial charge in [-0.15, -0.1) is 0 Å². The first-order valence-corrected chi connectivity index (χ1v) is 53.9. The Labute approximate surface area is 847 Å². The van der Waals surface area contributed by atoms with E-state index in [0.29, 0.717) is 0 Å². The van der Waals surface area contributed by atoms with Gasteiger partial charge in [0.05, 0.1) is 0 Å². The highest BCUT2D eigenvalue weighted by atomic mass is 15.0. The van der Waals surface area contributed by atoms with Gasteiger partial charge in [-0.25, -0.2) is 0 Å². The van der Waals surface area contributed by atoms with E-state index in [1.807, 2.05) is 0 Å². The molecule has 0 N–H and O–H groups in total. The lowest BCUT2D eigenvalue weighted by atomic mass is 9.92. The first kappa shape index (κ1) is 92.1. The zero-order chi connectivity index (χ0) is 96.9. The van der Waals surface area contributed by atoms with Crippen LogP contribution in [0.4, 0.5) is 0 Å². The average molecular weight is 1860 g/mol. The summed E-state index contributed by atoms with van der Waals surface area (Å²) in [6.07, 6.45) is 30.5. The van der Waals surface area contributed by atoms with Crippen LogP contribution in [0.5, 0.6) is 0 Å². The van der Waals surface area contributed by atoms with Crippen molar-refractivity contribution >= 4 is 174 Å². The Hall–Kier alpha value is -15.6. The molecular formula is C139H123N5. The van der Waals surface area contributed by atoms with Gasteiger partial charge in [-0.2, -0.15) is 0 Å². The Morgan fingerprint density at radius 3 is 0.507 bits per heavy atom. The monoisotopic (exact) mass is 1860 g/mol. The van der Waals surface area contributed by atoms with Gasteiger partial charge >= 0.3 is 0 Å². The quantitative estimate of drug-likeness (QED) is 0.0244. The van der Waals surface area contributed by atoms with Crippen LogP contribution in [-0.2, 0) is 32.7 Å². The Bertz CT molecular complexity index is 8780. The maximum absolute atomic E-state index is 3.72. The molecule has 0 fully saturated rings. The van der Waals surface area contributed by atoms with Gasteiger partial charge in [0.1, 0.15) is 0 Å². The van der Waals surface area contributed by atoms with Crippen molar-refractivity contribution in [2.45, 2.75) is 228 Å². The van der Waals surface area contributed by atoms with Crippen molar-refractivity contribution < 1.29 is 0 Å². The lowest BCUT2D eigenvalue weighted by Gasteiger charge is -2.11. The summed E-state index contributed by atoms with van der Waals surface area (Å²) in [5.74, 6) is 44.2. The van der Waals surface area contributed by atoms with Gasteiger partial charge in [-0.05, 0) is 291 Å². The Kier molecular flexibility index (Phi) is 26.6. The number of aryl methyl sites for hydroxylation is 5. The lowest BCUT2D eigenvalue weighted by Crippen LogP contribution is -1.98. The molecule has 704 valence electrons. The Morgan fingerprint density at radius 1 is 0.146 bits per heavy atom.